The number of aromatic nitrogens is 2. The summed E-state index contributed by atoms with van der Waals surface area (Å²) in [5, 5.41) is 3.48. The molecule has 0 radical (unpaired) electrons. The van der Waals surface area contributed by atoms with Gasteiger partial charge in [-0.1, -0.05) is 13.8 Å². The van der Waals surface area contributed by atoms with E-state index in [4.69, 9.17) is 5.84 Å². The van der Waals surface area contributed by atoms with Crippen LogP contribution >= 0.6 is 0 Å². The maximum atomic E-state index is 5.48. The summed E-state index contributed by atoms with van der Waals surface area (Å²) in [6.07, 6.45) is 5.03. The van der Waals surface area contributed by atoms with E-state index in [1.807, 2.05) is 6.07 Å². The fraction of sp³-hybridized carbons (Fsp3) is 0.714. The first kappa shape index (κ1) is 12.7. The molecule has 0 aromatic carbocycles. The monoisotopic (exact) mass is 261 g/mol. The Morgan fingerprint density at radius 2 is 2.00 bits per heavy atom. The van der Waals surface area contributed by atoms with Crippen LogP contribution in [0.2, 0.25) is 0 Å². The second-order valence-corrected chi connectivity index (χ2v) is 6.29. The number of rotatable bonds is 6. The molecule has 1 aromatic rings. The molecule has 4 N–H and O–H groups in total. The van der Waals surface area contributed by atoms with Gasteiger partial charge in [-0.15, -0.1) is 0 Å². The van der Waals surface area contributed by atoms with E-state index in [2.05, 4.69) is 34.6 Å². The SMILES string of the molecule is CC(C)C1(CNc2cc(NN)nc(C3CC3)n2)CC1. The van der Waals surface area contributed by atoms with E-state index in [1.54, 1.807) is 0 Å². The minimum Gasteiger partial charge on any atom is -0.369 e. The molecule has 104 valence electrons. The van der Waals surface area contributed by atoms with Crippen molar-refractivity contribution in [1.82, 2.24) is 9.97 Å². The van der Waals surface area contributed by atoms with Crippen LogP contribution in [0.3, 0.4) is 0 Å². The van der Waals surface area contributed by atoms with Crippen LogP contribution in [0.1, 0.15) is 51.3 Å². The van der Waals surface area contributed by atoms with Crippen molar-refractivity contribution in [2.24, 2.45) is 17.2 Å². The topological polar surface area (TPSA) is 75.9 Å². The smallest absolute Gasteiger partial charge is 0.145 e. The third-order valence-electron chi connectivity index (χ3n) is 4.57. The fourth-order valence-corrected chi connectivity index (χ4v) is 2.54. The molecule has 2 aliphatic carbocycles. The number of nitrogens with one attached hydrogen (secondary N) is 2. The van der Waals surface area contributed by atoms with Crippen LogP contribution in [0.25, 0.3) is 0 Å². The number of hydrazine groups is 1. The van der Waals surface area contributed by atoms with Crippen molar-refractivity contribution in [3.8, 4) is 0 Å². The Hall–Kier alpha value is -1.36. The number of hydrogen-bond donors (Lipinski definition) is 3. The van der Waals surface area contributed by atoms with Gasteiger partial charge in [0, 0.05) is 18.5 Å². The Kier molecular flexibility index (Phi) is 3.09. The highest BCUT2D eigenvalue weighted by molar-refractivity contribution is 5.47. The van der Waals surface area contributed by atoms with Gasteiger partial charge in [0.25, 0.3) is 0 Å². The molecule has 1 aromatic heterocycles. The molecule has 2 fully saturated rings. The molecular formula is C14H23N5. The van der Waals surface area contributed by atoms with Gasteiger partial charge in [-0.05, 0) is 37.0 Å². The van der Waals surface area contributed by atoms with Gasteiger partial charge in [-0.25, -0.2) is 15.8 Å². The summed E-state index contributed by atoms with van der Waals surface area (Å²) in [5.41, 5.74) is 3.11. The zero-order valence-corrected chi connectivity index (χ0v) is 11.7. The summed E-state index contributed by atoms with van der Waals surface area (Å²) in [6.45, 7) is 5.60. The molecule has 5 nitrogen and oxygen atoms in total. The minimum atomic E-state index is 0.473. The lowest BCUT2D eigenvalue weighted by molar-refractivity contribution is 0.380. The summed E-state index contributed by atoms with van der Waals surface area (Å²) in [5.74, 6) is 9.26. The Balaban J connectivity index is 1.71. The fourth-order valence-electron chi connectivity index (χ4n) is 2.54. The van der Waals surface area contributed by atoms with Crippen molar-refractivity contribution in [3.05, 3.63) is 11.9 Å². The van der Waals surface area contributed by atoms with Crippen molar-refractivity contribution in [3.63, 3.8) is 0 Å². The van der Waals surface area contributed by atoms with Crippen molar-refractivity contribution < 1.29 is 0 Å². The van der Waals surface area contributed by atoms with E-state index in [0.717, 1.165) is 24.1 Å². The summed E-state index contributed by atoms with van der Waals surface area (Å²) in [7, 11) is 0. The van der Waals surface area contributed by atoms with Crippen LogP contribution in [-0.4, -0.2) is 16.5 Å². The highest BCUT2D eigenvalue weighted by Crippen LogP contribution is 2.51. The number of hydrogen-bond acceptors (Lipinski definition) is 5. The lowest BCUT2D eigenvalue weighted by atomic mass is 9.92. The predicted octanol–water partition coefficient (Wildman–Crippen LogP) is 2.49. The molecule has 0 spiro atoms. The normalized spacial score (nSPS) is 20.4. The van der Waals surface area contributed by atoms with E-state index >= 15 is 0 Å². The highest BCUT2D eigenvalue weighted by Gasteiger charge is 2.45. The average Bonchev–Trinajstić information content (AvgIpc) is 3.29. The molecule has 0 aliphatic heterocycles. The van der Waals surface area contributed by atoms with Crippen LogP contribution in [0, 0.1) is 11.3 Å². The first-order chi connectivity index (χ1) is 9.13. The molecule has 0 saturated heterocycles. The Morgan fingerprint density at radius 1 is 1.32 bits per heavy atom. The third-order valence-corrected chi connectivity index (χ3v) is 4.57. The van der Waals surface area contributed by atoms with Crippen LogP contribution in [0.4, 0.5) is 11.6 Å². The molecule has 0 unspecified atom stereocenters. The molecule has 5 heteroatoms. The molecule has 2 saturated carbocycles. The molecule has 0 atom stereocenters. The largest absolute Gasteiger partial charge is 0.369 e. The van der Waals surface area contributed by atoms with Crippen LogP contribution < -0.4 is 16.6 Å². The molecule has 0 bridgehead atoms. The van der Waals surface area contributed by atoms with Gasteiger partial charge in [0.15, 0.2) is 0 Å². The van der Waals surface area contributed by atoms with Crippen LogP contribution in [-0.2, 0) is 0 Å². The van der Waals surface area contributed by atoms with Crippen LogP contribution in [0.15, 0.2) is 6.07 Å². The average molecular weight is 261 g/mol. The Labute approximate surface area is 114 Å². The van der Waals surface area contributed by atoms with Crippen molar-refractivity contribution in [2.75, 3.05) is 17.3 Å². The Morgan fingerprint density at radius 3 is 2.53 bits per heavy atom. The summed E-state index contributed by atoms with van der Waals surface area (Å²) < 4.78 is 0. The van der Waals surface area contributed by atoms with E-state index < -0.39 is 0 Å². The van der Waals surface area contributed by atoms with E-state index in [1.165, 1.54) is 25.7 Å². The standard InChI is InChI=1S/C14H23N5/c1-9(2)14(5-6-14)8-16-11-7-12(19-15)18-13(17-11)10-3-4-10/h7,9-10H,3-6,8,15H2,1-2H3,(H2,16,17,18,19). The van der Waals surface area contributed by atoms with Gasteiger partial charge in [0.1, 0.15) is 17.5 Å². The summed E-state index contributed by atoms with van der Waals surface area (Å²) in [4.78, 5) is 9.04. The predicted molar refractivity (Wildman–Crippen MR) is 76.8 cm³/mol. The van der Waals surface area contributed by atoms with Gasteiger partial charge in [0.2, 0.25) is 0 Å². The van der Waals surface area contributed by atoms with Crippen molar-refractivity contribution in [2.45, 2.75) is 45.4 Å². The van der Waals surface area contributed by atoms with E-state index in [-0.39, 0.29) is 0 Å². The second-order valence-electron chi connectivity index (χ2n) is 6.29. The minimum absolute atomic E-state index is 0.473. The summed E-state index contributed by atoms with van der Waals surface area (Å²) in [6, 6.07) is 1.89. The number of nitrogens with zero attached hydrogens (tertiary/aromatic N) is 2. The first-order valence-electron chi connectivity index (χ1n) is 7.22. The molecule has 3 rings (SSSR count). The first-order valence-corrected chi connectivity index (χ1v) is 7.22. The van der Waals surface area contributed by atoms with Crippen LogP contribution in [0.5, 0.6) is 0 Å². The highest BCUT2D eigenvalue weighted by atomic mass is 15.3. The molecule has 19 heavy (non-hydrogen) atoms. The third kappa shape index (κ3) is 2.66. The van der Waals surface area contributed by atoms with Gasteiger partial charge in [-0.3, -0.25) is 0 Å². The Bertz CT molecular complexity index is 463. The number of nitrogen functional groups attached to an aromatic ring is 1. The zero-order chi connectivity index (χ0) is 13.5. The number of anilines is 2. The molecule has 0 amide bonds. The summed E-state index contributed by atoms with van der Waals surface area (Å²) >= 11 is 0. The maximum absolute atomic E-state index is 5.48. The number of nitrogens with two attached hydrogens (primary N) is 1. The lowest BCUT2D eigenvalue weighted by Crippen LogP contribution is -2.22. The lowest BCUT2D eigenvalue weighted by Gasteiger charge is -2.20. The van der Waals surface area contributed by atoms with Crippen molar-refractivity contribution in [1.29, 1.82) is 0 Å². The molecule has 1 heterocycles. The van der Waals surface area contributed by atoms with Gasteiger partial charge in [0.05, 0.1) is 0 Å². The maximum Gasteiger partial charge on any atom is 0.145 e. The zero-order valence-electron chi connectivity index (χ0n) is 11.7. The quantitative estimate of drug-likeness (QED) is 0.542. The van der Waals surface area contributed by atoms with E-state index in [0.29, 0.717) is 17.2 Å². The van der Waals surface area contributed by atoms with Gasteiger partial charge in [-0.2, -0.15) is 0 Å². The van der Waals surface area contributed by atoms with Gasteiger partial charge >= 0.3 is 0 Å². The molecule has 2 aliphatic rings. The van der Waals surface area contributed by atoms with E-state index in [9.17, 15) is 0 Å². The van der Waals surface area contributed by atoms with Gasteiger partial charge < -0.3 is 10.7 Å². The van der Waals surface area contributed by atoms with Crippen molar-refractivity contribution >= 4 is 11.6 Å². The second kappa shape index (κ2) is 4.63. The molecular weight excluding hydrogens is 238 g/mol.